The van der Waals surface area contributed by atoms with Gasteiger partial charge in [0.25, 0.3) is 0 Å². The van der Waals surface area contributed by atoms with Gasteiger partial charge in [-0.05, 0) is 25.2 Å². The Morgan fingerprint density at radius 3 is 3.00 bits per heavy atom. The molecule has 0 saturated heterocycles. The van der Waals surface area contributed by atoms with Crippen LogP contribution in [0.5, 0.6) is 5.88 Å². The Labute approximate surface area is 95.7 Å². The maximum Gasteiger partial charge on any atom is 0.216 e. The van der Waals surface area contributed by atoms with E-state index >= 15 is 0 Å². The third-order valence-electron chi connectivity index (χ3n) is 2.74. The van der Waals surface area contributed by atoms with Crippen LogP contribution in [0.2, 0.25) is 0 Å². The van der Waals surface area contributed by atoms with Crippen molar-refractivity contribution in [1.82, 2.24) is 9.97 Å². The minimum absolute atomic E-state index is 0.256. The lowest BCUT2D eigenvalue weighted by Gasteiger charge is -2.09. The molecule has 0 radical (unpaired) electrons. The van der Waals surface area contributed by atoms with E-state index in [-0.39, 0.29) is 6.10 Å². The first kappa shape index (κ1) is 11.3. The monoisotopic (exact) mass is 222 g/mol. The van der Waals surface area contributed by atoms with Crippen LogP contribution in [0.1, 0.15) is 31.9 Å². The molecule has 0 aromatic carbocycles. The summed E-state index contributed by atoms with van der Waals surface area (Å²) < 4.78 is 5.42. The molecule has 4 heteroatoms. The fourth-order valence-corrected chi connectivity index (χ4v) is 1.64. The molecule has 0 bridgehead atoms. The van der Waals surface area contributed by atoms with Gasteiger partial charge in [0.15, 0.2) is 0 Å². The van der Waals surface area contributed by atoms with Crippen LogP contribution in [0.3, 0.4) is 0 Å². The fourth-order valence-electron chi connectivity index (χ4n) is 1.64. The van der Waals surface area contributed by atoms with Gasteiger partial charge in [0.1, 0.15) is 6.33 Å². The minimum atomic E-state index is -0.256. The average Bonchev–Trinajstić information content (AvgIpc) is 3.10. The molecule has 88 valence electrons. The highest BCUT2D eigenvalue weighted by Crippen LogP contribution is 2.33. The molecule has 1 aromatic rings. The summed E-state index contributed by atoms with van der Waals surface area (Å²) in [7, 11) is 0. The van der Waals surface area contributed by atoms with Gasteiger partial charge in [0.05, 0.1) is 18.4 Å². The Kier molecular flexibility index (Phi) is 3.72. The Balaban J connectivity index is 1.92. The number of rotatable bonds is 6. The van der Waals surface area contributed by atoms with Crippen LogP contribution in [0.4, 0.5) is 0 Å². The SMILES string of the molecule is CCCOc1cc(CC(O)C2CC2)ncn1. The summed E-state index contributed by atoms with van der Waals surface area (Å²) in [6.07, 6.45) is 5.10. The molecule has 1 N–H and O–H groups in total. The standard InChI is InChI=1S/C12H18N2O2/c1-2-5-16-12-7-10(13-8-14-12)6-11(15)9-3-4-9/h7-9,11,15H,2-6H2,1H3. The summed E-state index contributed by atoms with van der Waals surface area (Å²) in [6.45, 7) is 2.72. The largest absolute Gasteiger partial charge is 0.478 e. The molecule has 1 unspecified atom stereocenters. The van der Waals surface area contributed by atoms with Gasteiger partial charge >= 0.3 is 0 Å². The van der Waals surface area contributed by atoms with E-state index in [9.17, 15) is 5.11 Å². The van der Waals surface area contributed by atoms with Crippen LogP contribution in [-0.4, -0.2) is 27.8 Å². The van der Waals surface area contributed by atoms with Crippen molar-refractivity contribution in [3.8, 4) is 5.88 Å². The van der Waals surface area contributed by atoms with Crippen molar-refractivity contribution in [1.29, 1.82) is 0 Å². The first-order valence-electron chi connectivity index (χ1n) is 5.91. The van der Waals surface area contributed by atoms with E-state index in [0.29, 0.717) is 24.8 Å². The van der Waals surface area contributed by atoms with E-state index in [2.05, 4.69) is 16.9 Å². The second kappa shape index (κ2) is 5.25. The van der Waals surface area contributed by atoms with Gasteiger partial charge in [0.2, 0.25) is 5.88 Å². The van der Waals surface area contributed by atoms with E-state index in [1.165, 1.54) is 6.33 Å². The molecular weight excluding hydrogens is 204 g/mol. The average molecular weight is 222 g/mol. The highest BCUT2D eigenvalue weighted by atomic mass is 16.5. The molecule has 2 rings (SSSR count). The molecule has 1 heterocycles. The lowest BCUT2D eigenvalue weighted by Crippen LogP contribution is -2.14. The van der Waals surface area contributed by atoms with Gasteiger partial charge < -0.3 is 9.84 Å². The van der Waals surface area contributed by atoms with Crippen LogP contribution in [-0.2, 0) is 6.42 Å². The zero-order chi connectivity index (χ0) is 11.4. The fraction of sp³-hybridized carbons (Fsp3) is 0.667. The van der Waals surface area contributed by atoms with Crippen molar-refractivity contribution in [2.45, 2.75) is 38.7 Å². The molecule has 1 atom stereocenters. The third kappa shape index (κ3) is 3.17. The van der Waals surface area contributed by atoms with Crippen molar-refractivity contribution < 1.29 is 9.84 Å². The molecule has 16 heavy (non-hydrogen) atoms. The maximum atomic E-state index is 9.81. The van der Waals surface area contributed by atoms with Crippen molar-refractivity contribution in [2.75, 3.05) is 6.61 Å². The molecule has 0 aliphatic heterocycles. The van der Waals surface area contributed by atoms with Gasteiger partial charge in [0, 0.05) is 12.5 Å². The molecule has 1 aromatic heterocycles. The molecule has 0 spiro atoms. The highest BCUT2D eigenvalue weighted by Gasteiger charge is 2.29. The number of ether oxygens (including phenoxy) is 1. The summed E-state index contributed by atoms with van der Waals surface area (Å²) in [5.74, 6) is 1.09. The molecule has 0 amide bonds. The quantitative estimate of drug-likeness (QED) is 0.794. The zero-order valence-electron chi connectivity index (χ0n) is 9.59. The third-order valence-corrected chi connectivity index (χ3v) is 2.74. The topological polar surface area (TPSA) is 55.2 Å². The first-order chi connectivity index (χ1) is 7.79. The predicted octanol–water partition coefficient (Wildman–Crippen LogP) is 1.58. The number of nitrogens with zero attached hydrogens (tertiary/aromatic N) is 2. The van der Waals surface area contributed by atoms with E-state index in [0.717, 1.165) is 25.0 Å². The van der Waals surface area contributed by atoms with Crippen molar-refractivity contribution >= 4 is 0 Å². The molecule has 1 saturated carbocycles. The van der Waals surface area contributed by atoms with Gasteiger partial charge in [-0.25, -0.2) is 9.97 Å². The van der Waals surface area contributed by atoms with Gasteiger partial charge in [-0.2, -0.15) is 0 Å². The molecule has 1 aliphatic carbocycles. The van der Waals surface area contributed by atoms with Crippen molar-refractivity contribution in [3.05, 3.63) is 18.1 Å². The Bertz CT molecular complexity index is 340. The molecule has 4 nitrogen and oxygen atoms in total. The summed E-state index contributed by atoms with van der Waals surface area (Å²) >= 11 is 0. The summed E-state index contributed by atoms with van der Waals surface area (Å²) in [4.78, 5) is 8.18. The van der Waals surface area contributed by atoms with Crippen molar-refractivity contribution in [2.24, 2.45) is 5.92 Å². The Morgan fingerprint density at radius 1 is 1.50 bits per heavy atom. The predicted molar refractivity (Wildman–Crippen MR) is 60.3 cm³/mol. The van der Waals surface area contributed by atoms with Crippen LogP contribution in [0, 0.1) is 5.92 Å². The number of aromatic nitrogens is 2. The van der Waals surface area contributed by atoms with Gasteiger partial charge in [-0.3, -0.25) is 0 Å². The minimum Gasteiger partial charge on any atom is -0.478 e. The normalized spacial score (nSPS) is 17.1. The second-order valence-corrected chi connectivity index (χ2v) is 4.30. The second-order valence-electron chi connectivity index (χ2n) is 4.30. The summed E-state index contributed by atoms with van der Waals surface area (Å²) in [5, 5.41) is 9.81. The van der Waals surface area contributed by atoms with E-state index in [1.54, 1.807) is 0 Å². The summed E-state index contributed by atoms with van der Waals surface area (Å²) in [5.41, 5.74) is 0.862. The van der Waals surface area contributed by atoms with Crippen molar-refractivity contribution in [3.63, 3.8) is 0 Å². The van der Waals surface area contributed by atoms with E-state index < -0.39 is 0 Å². The lowest BCUT2D eigenvalue weighted by atomic mass is 10.1. The van der Waals surface area contributed by atoms with Gasteiger partial charge in [-0.1, -0.05) is 6.92 Å². The van der Waals surface area contributed by atoms with Crippen LogP contribution < -0.4 is 4.74 Å². The van der Waals surface area contributed by atoms with Crippen LogP contribution in [0.25, 0.3) is 0 Å². The lowest BCUT2D eigenvalue weighted by molar-refractivity contribution is 0.150. The number of aliphatic hydroxyl groups is 1. The summed E-state index contributed by atoms with van der Waals surface area (Å²) in [6, 6.07) is 1.82. The zero-order valence-corrected chi connectivity index (χ0v) is 9.59. The van der Waals surface area contributed by atoms with E-state index in [4.69, 9.17) is 4.74 Å². The molecule has 1 aliphatic rings. The van der Waals surface area contributed by atoms with Gasteiger partial charge in [-0.15, -0.1) is 0 Å². The van der Waals surface area contributed by atoms with Crippen LogP contribution in [0.15, 0.2) is 12.4 Å². The Hall–Kier alpha value is -1.16. The number of hydrogen-bond acceptors (Lipinski definition) is 4. The highest BCUT2D eigenvalue weighted by molar-refractivity contribution is 5.14. The van der Waals surface area contributed by atoms with E-state index in [1.807, 2.05) is 6.07 Å². The maximum absolute atomic E-state index is 9.81. The smallest absolute Gasteiger partial charge is 0.216 e. The number of aliphatic hydroxyl groups excluding tert-OH is 1. The Morgan fingerprint density at radius 2 is 2.31 bits per heavy atom. The van der Waals surface area contributed by atoms with Crippen LogP contribution >= 0.6 is 0 Å². The first-order valence-corrected chi connectivity index (χ1v) is 5.91. The number of hydrogen-bond donors (Lipinski definition) is 1. The molecule has 1 fully saturated rings. The molecular formula is C12H18N2O2.